The Balaban J connectivity index is 1.44. The normalized spacial score (nSPS) is 18.7. The molecule has 3 rings (SSSR count). The summed E-state index contributed by atoms with van der Waals surface area (Å²) in [7, 11) is 0. The van der Waals surface area contributed by atoms with Crippen molar-refractivity contribution in [3.05, 3.63) is 30.1 Å². The molecular weight excluding hydrogens is 347 g/mol. The number of hydrogen-bond donors (Lipinski definition) is 1. The molecule has 6 nitrogen and oxygen atoms in total. The van der Waals surface area contributed by atoms with Gasteiger partial charge in [-0.1, -0.05) is 25.0 Å². The van der Waals surface area contributed by atoms with E-state index in [0.717, 1.165) is 17.7 Å². The van der Waals surface area contributed by atoms with E-state index in [-0.39, 0.29) is 18.3 Å². The van der Waals surface area contributed by atoms with E-state index in [0.29, 0.717) is 23.5 Å². The number of nitrogens with one attached hydrogen (secondary N) is 1. The molecule has 1 N–H and O–H groups in total. The van der Waals surface area contributed by atoms with Crippen LogP contribution in [-0.4, -0.2) is 47.3 Å². The summed E-state index contributed by atoms with van der Waals surface area (Å²) in [6.45, 7) is -0.316. The summed E-state index contributed by atoms with van der Waals surface area (Å²) in [5, 5.41) is 2.71. The van der Waals surface area contributed by atoms with Gasteiger partial charge in [0, 0.05) is 10.6 Å². The number of imide groups is 1. The molecular formula is C17H19FN2O4S. The van der Waals surface area contributed by atoms with Gasteiger partial charge in [-0.15, -0.1) is 11.8 Å². The van der Waals surface area contributed by atoms with Crippen molar-refractivity contribution in [2.75, 3.05) is 18.9 Å². The van der Waals surface area contributed by atoms with Gasteiger partial charge in [0.1, 0.15) is 24.5 Å². The second kappa shape index (κ2) is 7.43. The quantitative estimate of drug-likeness (QED) is 0.362. The van der Waals surface area contributed by atoms with Crippen molar-refractivity contribution in [1.29, 1.82) is 0 Å². The van der Waals surface area contributed by atoms with Crippen LogP contribution in [0.25, 0.3) is 0 Å². The molecule has 0 radical (unpaired) electrons. The average Bonchev–Trinajstić information content (AvgIpc) is 3.14. The smallest absolute Gasteiger partial charge is 0.326 e. The van der Waals surface area contributed by atoms with E-state index in [1.54, 1.807) is 18.2 Å². The molecule has 2 aliphatic rings. The predicted octanol–water partition coefficient (Wildman–Crippen LogP) is 2.33. The third-order valence-corrected chi connectivity index (χ3v) is 5.44. The summed E-state index contributed by atoms with van der Waals surface area (Å²) < 4.78 is 18.5. The lowest BCUT2D eigenvalue weighted by Crippen LogP contribution is -2.44. The minimum absolute atomic E-state index is 0.0760. The number of urea groups is 1. The summed E-state index contributed by atoms with van der Waals surface area (Å²) in [5.74, 6) is -0.920. The lowest BCUT2D eigenvalue weighted by atomic mass is 9.98. The van der Waals surface area contributed by atoms with Crippen molar-refractivity contribution in [3.8, 4) is 0 Å². The first kappa shape index (κ1) is 17.7. The van der Waals surface area contributed by atoms with Crippen LogP contribution in [0.1, 0.15) is 25.7 Å². The molecule has 0 atom stereocenters. The van der Waals surface area contributed by atoms with E-state index in [1.165, 1.54) is 17.8 Å². The second-order valence-electron chi connectivity index (χ2n) is 6.11. The fourth-order valence-electron chi connectivity index (χ4n) is 3.18. The number of benzene rings is 1. The summed E-state index contributed by atoms with van der Waals surface area (Å²) in [6, 6.07) is 5.81. The Morgan fingerprint density at radius 2 is 2.00 bits per heavy atom. The van der Waals surface area contributed by atoms with Crippen molar-refractivity contribution in [1.82, 2.24) is 10.2 Å². The Kier molecular flexibility index (Phi) is 5.27. The molecule has 1 aromatic carbocycles. The van der Waals surface area contributed by atoms with Crippen molar-refractivity contribution in [2.24, 2.45) is 0 Å². The molecule has 8 heteroatoms. The number of hydrogen-bond acceptors (Lipinski definition) is 5. The number of rotatable bonds is 6. The molecule has 25 heavy (non-hydrogen) atoms. The number of halogens is 1. The summed E-state index contributed by atoms with van der Waals surface area (Å²) >= 11 is 1.24. The Hall–Kier alpha value is -2.09. The topological polar surface area (TPSA) is 75.7 Å². The fraction of sp³-hybridized carbons (Fsp3) is 0.471. The number of amides is 3. The van der Waals surface area contributed by atoms with Crippen LogP contribution in [-0.2, 0) is 14.3 Å². The molecule has 0 bridgehead atoms. The number of ether oxygens (including phenoxy) is 1. The van der Waals surface area contributed by atoms with E-state index in [1.807, 2.05) is 0 Å². The Bertz CT molecular complexity index is 691. The van der Waals surface area contributed by atoms with Gasteiger partial charge in [-0.3, -0.25) is 14.5 Å². The van der Waals surface area contributed by atoms with E-state index in [2.05, 4.69) is 5.32 Å². The highest BCUT2D eigenvalue weighted by molar-refractivity contribution is 7.99. The Labute approximate surface area is 149 Å². The first-order valence-corrected chi connectivity index (χ1v) is 9.17. The SMILES string of the molecule is O=C(CN1C(=O)NC2(CCCC2)C1=O)OCCSc1ccccc1F. The number of carbonyl (C=O) groups excluding carboxylic acids is 3. The van der Waals surface area contributed by atoms with Crippen molar-refractivity contribution in [3.63, 3.8) is 0 Å². The van der Waals surface area contributed by atoms with Gasteiger partial charge in [-0.2, -0.15) is 0 Å². The molecule has 1 spiro atoms. The average molecular weight is 366 g/mol. The number of esters is 1. The predicted molar refractivity (Wildman–Crippen MR) is 89.5 cm³/mol. The zero-order chi connectivity index (χ0) is 17.9. The van der Waals surface area contributed by atoms with Crippen LogP contribution >= 0.6 is 11.8 Å². The molecule has 2 fully saturated rings. The molecule has 1 aliphatic heterocycles. The van der Waals surface area contributed by atoms with Gasteiger partial charge in [0.05, 0.1) is 0 Å². The molecule has 1 saturated carbocycles. The Morgan fingerprint density at radius 3 is 2.72 bits per heavy atom. The summed E-state index contributed by atoms with van der Waals surface area (Å²) in [5.41, 5.74) is -0.821. The zero-order valence-electron chi connectivity index (χ0n) is 13.6. The second-order valence-corrected chi connectivity index (χ2v) is 7.25. The minimum Gasteiger partial charge on any atom is -0.463 e. The fourth-order valence-corrected chi connectivity index (χ4v) is 3.95. The largest absolute Gasteiger partial charge is 0.463 e. The first-order valence-electron chi connectivity index (χ1n) is 8.19. The maximum atomic E-state index is 13.5. The van der Waals surface area contributed by atoms with Crippen LogP contribution in [0.4, 0.5) is 9.18 Å². The highest BCUT2D eigenvalue weighted by Gasteiger charge is 2.52. The number of carbonyl (C=O) groups is 3. The molecule has 0 unspecified atom stereocenters. The first-order chi connectivity index (χ1) is 12.0. The maximum absolute atomic E-state index is 13.5. The highest BCUT2D eigenvalue weighted by atomic mass is 32.2. The van der Waals surface area contributed by atoms with Gasteiger partial charge in [0.2, 0.25) is 0 Å². The summed E-state index contributed by atoms with van der Waals surface area (Å²) in [6.07, 6.45) is 3.00. The third kappa shape index (κ3) is 3.78. The van der Waals surface area contributed by atoms with Crippen LogP contribution in [0.15, 0.2) is 29.2 Å². The standard InChI is InChI=1S/C17H19FN2O4S/c18-12-5-1-2-6-13(12)25-10-9-24-14(21)11-20-15(22)17(19-16(20)23)7-3-4-8-17/h1-2,5-6H,3-4,7-11H2,(H,19,23). The molecule has 1 heterocycles. The Morgan fingerprint density at radius 1 is 1.28 bits per heavy atom. The lowest BCUT2D eigenvalue weighted by molar-refractivity contribution is -0.147. The van der Waals surface area contributed by atoms with E-state index in [4.69, 9.17) is 4.74 Å². The van der Waals surface area contributed by atoms with Gasteiger partial charge in [0.25, 0.3) is 5.91 Å². The van der Waals surface area contributed by atoms with Crippen LogP contribution in [0.2, 0.25) is 0 Å². The maximum Gasteiger partial charge on any atom is 0.326 e. The van der Waals surface area contributed by atoms with Crippen LogP contribution in [0.3, 0.4) is 0 Å². The highest BCUT2D eigenvalue weighted by Crippen LogP contribution is 2.34. The van der Waals surface area contributed by atoms with E-state index in [9.17, 15) is 18.8 Å². The van der Waals surface area contributed by atoms with E-state index >= 15 is 0 Å². The monoisotopic (exact) mass is 366 g/mol. The van der Waals surface area contributed by atoms with Gasteiger partial charge >= 0.3 is 12.0 Å². The third-order valence-electron chi connectivity index (χ3n) is 4.43. The lowest BCUT2D eigenvalue weighted by Gasteiger charge is -2.19. The van der Waals surface area contributed by atoms with Crippen LogP contribution < -0.4 is 5.32 Å². The summed E-state index contributed by atoms with van der Waals surface area (Å²) in [4.78, 5) is 37.7. The zero-order valence-corrected chi connectivity index (χ0v) is 14.4. The number of nitrogens with zero attached hydrogens (tertiary/aromatic N) is 1. The van der Waals surface area contributed by atoms with Crippen molar-refractivity contribution < 1.29 is 23.5 Å². The van der Waals surface area contributed by atoms with Gasteiger partial charge < -0.3 is 10.1 Å². The molecule has 3 amide bonds. The van der Waals surface area contributed by atoms with Gasteiger partial charge in [-0.25, -0.2) is 9.18 Å². The molecule has 0 aromatic heterocycles. The van der Waals surface area contributed by atoms with Gasteiger partial charge in [-0.05, 0) is 25.0 Å². The minimum atomic E-state index is -0.821. The molecule has 1 saturated heterocycles. The number of thioether (sulfide) groups is 1. The van der Waals surface area contributed by atoms with Crippen LogP contribution in [0.5, 0.6) is 0 Å². The molecule has 134 valence electrons. The van der Waals surface area contributed by atoms with Gasteiger partial charge in [0.15, 0.2) is 0 Å². The van der Waals surface area contributed by atoms with Crippen molar-refractivity contribution in [2.45, 2.75) is 36.1 Å². The molecule has 1 aliphatic carbocycles. The van der Waals surface area contributed by atoms with Crippen LogP contribution in [0, 0.1) is 5.82 Å². The van der Waals surface area contributed by atoms with E-state index < -0.39 is 24.1 Å². The molecule has 1 aromatic rings. The van der Waals surface area contributed by atoms with Crippen molar-refractivity contribution >= 4 is 29.7 Å².